The number of carbonyl (C=O) groups excluding carboxylic acids is 1. The van der Waals surface area contributed by atoms with Crippen LogP contribution in [0.5, 0.6) is 0 Å². The zero-order valence-electron chi connectivity index (χ0n) is 14.6. The molecule has 0 amide bonds. The molecule has 3 aromatic rings. The van der Waals surface area contributed by atoms with Crippen molar-refractivity contribution in [3.05, 3.63) is 100 Å². The molecule has 0 bridgehead atoms. The van der Waals surface area contributed by atoms with E-state index in [2.05, 4.69) is 0 Å². The summed E-state index contributed by atoms with van der Waals surface area (Å²) in [6, 6.07) is 14.2. The molecular formula is C21H12ClF2NO3S. The molecular weight excluding hydrogens is 420 g/mol. The Labute approximate surface area is 170 Å². The number of carbonyl (C=O) groups is 1. The van der Waals surface area contributed by atoms with Crippen molar-refractivity contribution in [2.75, 3.05) is 4.90 Å². The average molecular weight is 432 g/mol. The summed E-state index contributed by atoms with van der Waals surface area (Å²) < 4.78 is 53.9. The molecule has 1 aliphatic rings. The van der Waals surface area contributed by atoms with Gasteiger partial charge in [0.2, 0.25) is 15.6 Å². The van der Waals surface area contributed by atoms with E-state index in [9.17, 15) is 22.0 Å². The van der Waals surface area contributed by atoms with Crippen LogP contribution >= 0.6 is 11.6 Å². The molecule has 29 heavy (non-hydrogen) atoms. The van der Waals surface area contributed by atoms with E-state index in [0.717, 1.165) is 30.5 Å². The van der Waals surface area contributed by atoms with Gasteiger partial charge in [-0.15, -0.1) is 0 Å². The Morgan fingerprint density at radius 2 is 1.59 bits per heavy atom. The average Bonchev–Trinajstić information content (AvgIpc) is 2.68. The molecule has 0 unspecified atom stereocenters. The molecule has 0 spiro atoms. The van der Waals surface area contributed by atoms with Gasteiger partial charge in [0, 0.05) is 22.5 Å². The van der Waals surface area contributed by atoms with E-state index >= 15 is 0 Å². The van der Waals surface area contributed by atoms with Crippen LogP contribution in [0.1, 0.15) is 10.4 Å². The smallest absolute Gasteiger partial charge is 0.214 e. The summed E-state index contributed by atoms with van der Waals surface area (Å²) in [6.07, 6.45) is 1.09. The van der Waals surface area contributed by atoms with Gasteiger partial charge >= 0.3 is 0 Å². The van der Waals surface area contributed by atoms with Crippen LogP contribution in [0, 0.1) is 11.6 Å². The van der Waals surface area contributed by atoms with Crippen molar-refractivity contribution in [2.24, 2.45) is 0 Å². The van der Waals surface area contributed by atoms with Crippen LogP contribution < -0.4 is 4.90 Å². The standard InChI is InChI=1S/C21H12ClF2NO3S/c22-14-6-4-13(5-7-14)21(26)20-12-25(17-3-1-2-15(23)10-17)18-11-16(24)8-9-19(18)29(20,27)28/h1-12H. The van der Waals surface area contributed by atoms with E-state index in [1.807, 2.05) is 0 Å². The fraction of sp³-hybridized carbons (Fsp3) is 0. The molecule has 0 atom stereocenters. The largest absolute Gasteiger partial charge is 0.314 e. The Hall–Kier alpha value is -3.03. The molecule has 0 saturated heterocycles. The minimum absolute atomic E-state index is 0.0109. The van der Waals surface area contributed by atoms with Gasteiger partial charge in [-0.05, 0) is 60.7 Å². The number of fused-ring (bicyclic) bond motifs is 1. The molecule has 1 aliphatic heterocycles. The van der Waals surface area contributed by atoms with Gasteiger partial charge in [0.15, 0.2) is 0 Å². The van der Waals surface area contributed by atoms with E-state index < -0.39 is 32.2 Å². The zero-order chi connectivity index (χ0) is 20.8. The molecule has 3 aromatic carbocycles. The maximum atomic E-state index is 13.9. The molecule has 4 nitrogen and oxygen atoms in total. The first-order valence-corrected chi connectivity index (χ1v) is 10.2. The first kappa shape index (κ1) is 19.3. The van der Waals surface area contributed by atoms with Crippen LogP contribution in [0.4, 0.5) is 20.2 Å². The lowest BCUT2D eigenvalue weighted by atomic mass is 10.1. The van der Waals surface area contributed by atoms with Crippen molar-refractivity contribution in [1.29, 1.82) is 0 Å². The number of hydrogen-bond donors (Lipinski definition) is 0. The van der Waals surface area contributed by atoms with Crippen LogP contribution in [0.3, 0.4) is 0 Å². The Bertz CT molecular complexity index is 1270. The second kappa shape index (κ2) is 7.09. The van der Waals surface area contributed by atoms with Gasteiger partial charge in [0.25, 0.3) is 0 Å². The molecule has 8 heteroatoms. The number of benzene rings is 3. The van der Waals surface area contributed by atoms with Crippen molar-refractivity contribution in [3.8, 4) is 0 Å². The van der Waals surface area contributed by atoms with Crippen molar-refractivity contribution < 1.29 is 22.0 Å². The number of anilines is 2. The highest BCUT2D eigenvalue weighted by molar-refractivity contribution is 7.96. The van der Waals surface area contributed by atoms with Gasteiger partial charge in [0.1, 0.15) is 16.5 Å². The number of allylic oxidation sites excluding steroid dienone is 1. The predicted molar refractivity (Wildman–Crippen MR) is 106 cm³/mol. The van der Waals surface area contributed by atoms with Crippen molar-refractivity contribution >= 4 is 38.6 Å². The van der Waals surface area contributed by atoms with Crippen LogP contribution in [-0.4, -0.2) is 14.2 Å². The summed E-state index contributed by atoms with van der Waals surface area (Å²) in [4.78, 5) is 13.5. The molecule has 0 radical (unpaired) electrons. The molecule has 0 fully saturated rings. The van der Waals surface area contributed by atoms with Crippen LogP contribution in [0.2, 0.25) is 5.02 Å². The topological polar surface area (TPSA) is 54.5 Å². The Morgan fingerprint density at radius 1 is 0.897 bits per heavy atom. The lowest BCUT2D eigenvalue weighted by Gasteiger charge is -2.29. The highest BCUT2D eigenvalue weighted by Crippen LogP contribution is 2.40. The van der Waals surface area contributed by atoms with Crippen molar-refractivity contribution in [2.45, 2.75) is 4.90 Å². The third-order valence-electron chi connectivity index (χ3n) is 4.42. The molecule has 1 heterocycles. The summed E-state index contributed by atoms with van der Waals surface area (Å²) in [6.45, 7) is 0. The molecule has 4 rings (SSSR count). The molecule has 0 aromatic heterocycles. The SMILES string of the molecule is O=C(C1=CN(c2cccc(F)c2)c2cc(F)ccc2S1(=O)=O)c1ccc(Cl)cc1. The molecule has 146 valence electrons. The van der Waals surface area contributed by atoms with Gasteiger partial charge in [-0.3, -0.25) is 4.79 Å². The fourth-order valence-corrected chi connectivity index (χ4v) is 4.69. The quantitative estimate of drug-likeness (QED) is 0.419. The summed E-state index contributed by atoms with van der Waals surface area (Å²) in [7, 11) is -4.23. The van der Waals surface area contributed by atoms with E-state index in [4.69, 9.17) is 11.6 Å². The highest BCUT2D eigenvalue weighted by atomic mass is 35.5. The van der Waals surface area contributed by atoms with E-state index in [1.165, 1.54) is 47.4 Å². The lowest BCUT2D eigenvalue weighted by Crippen LogP contribution is -2.26. The van der Waals surface area contributed by atoms with Crippen molar-refractivity contribution in [3.63, 3.8) is 0 Å². The van der Waals surface area contributed by atoms with Crippen LogP contribution in [-0.2, 0) is 9.84 Å². The van der Waals surface area contributed by atoms with Gasteiger partial charge in [-0.25, -0.2) is 17.2 Å². The number of rotatable bonds is 3. The first-order chi connectivity index (χ1) is 13.8. The molecule has 0 saturated carbocycles. The first-order valence-electron chi connectivity index (χ1n) is 8.39. The van der Waals surface area contributed by atoms with Crippen LogP contribution in [0.25, 0.3) is 0 Å². The predicted octanol–water partition coefficient (Wildman–Crippen LogP) is 5.27. The van der Waals surface area contributed by atoms with E-state index in [0.29, 0.717) is 5.02 Å². The summed E-state index contributed by atoms with van der Waals surface area (Å²) in [5, 5.41) is 0.393. The Kier molecular flexibility index (Phi) is 4.72. The number of ketones is 1. The van der Waals surface area contributed by atoms with E-state index in [-0.39, 0.29) is 21.8 Å². The number of sulfone groups is 1. The van der Waals surface area contributed by atoms with Gasteiger partial charge in [0.05, 0.1) is 10.6 Å². The van der Waals surface area contributed by atoms with Gasteiger partial charge < -0.3 is 4.90 Å². The summed E-state index contributed by atoms with van der Waals surface area (Å²) in [5.41, 5.74) is 0.352. The molecule has 0 N–H and O–H groups in total. The third-order valence-corrected chi connectivity index (χ3v) is 6.47. The summed E-state index contributed by atoms with van der Waals surface area (Å²) in [5.74, 6) is -1.98. The van der Waals surface area contributed by atoms with Gasteiger partial charge in [-0.1, -0.05) is 17.7 Å². The normalized spacial score (nSPS) is 14.9. The van der Waals surface area contributed by atoms with Crippen LogP contribution in [0.15, 0.2) is 82.7 Å². The number of hydrogen-bond acceptors (Lipinski definition) is 4. The Morgan fingerprint density at radius 3 is 2.28 bits per heavy atom. The third kappa shape index (κ3) is 3.43. The lowest BCUT2D eigenvalue weighted by molar-refractivity contribution is 0.104. The van der Waals surface area contributed by atoms with E-state index in [1.54, 1.807) is 0 Å². The maximum Gasteiger partial charge on any atom is 0.214 e. The fourth-order valence-electron chi connectivity index (χ4n) is 3.04. The van der Waals surface area contributed by atoms with Gasteiger partial charge in [-0.2, -0.15) is 0 Å². The second-order valence-corrected chi connectivity index (χ2v) is 8.62. The maximum absolute atomic E-state index is 13.9. The monoisotopic (exact) mass is 431 g/mol. The highest BCUT2D eigenvalue weighted by Gasteiger charge is 2.36. The number of nitrogens with zero attached hydrogens (tertiary/aromatic N) is 1. The molecule has 0 aliphatic carbocycles. The number of halogens is 3. The number of Topliss-reactive ketones (excluding diaryl/α,β-unsaturated/α-hetero) is 1. The minimum Gasteiger partial charge on any atom is -0.314 e. The van der Waals surface area contributed by atoms with Crippen molar-refractivity contribution in [1.82, 2.24) is 0 Å². The minimum atomic E-state index is -4.23. The summed E-state index contributed by atoms with van der Waals surface area (Å²) >= 11 is 5.83. The second-order valence-electron chi connectivity index (χ2n) is 6.29. The zero-order valence-corrected chi connectivity index (χ0v) is 16.2. The Balaban J connectivity index is 1.94.